The van der Waals surface area contributed by atoms with Crippen LogP contribution in [0.15, 0.2) is 18.2 Å². The molecule has 0 unspecified atom stereocenters. The van der Waals surface area contributed by atoms with Crippen LogP contribution in [-0.2, 0) is 5.54 Å². The van der Waals surface area contributed by atoms with Crippen LogP contribution in [0.5, 0.6) is 5.75 Å². The lowest BCUT2D eigenvalue weighted by molar-refractivity contribution is -0.0498. The second-order valence-electron chi connectivity index (χ2n) is 3.90. The monoisotopic (exact) mass is 249 g/mol. The van der Waals surface area contributed by atoms with E-state index in [-0.39, 0.29) is 16.3 Å². The summed E-state index contributed by atoms with van der Waals surface area (Å²) in [6.07, 6.45) is 0. The van der Waals surface area contributed by atoms with Crippen LogP contribution < -0.4 is 10.1 Å². The normalized spacial score (nSPS) is 11.9. The van der Waals surface area contributed by atoms with Crippen LogP contribution in [0.2, 0.25) is 5.02 Å². The summed E-state index contributed by atoms with van der Waals surface area (Å²) in [7, 11) is 1.82. The van der Waals surface area contributed by atoms with Gasteiger partial charge in [0.2, 0.25) is 0 Å². The quantitative estimate of drug-likeness (QED) is 0.883. The Labute approximate surface area is 98.6 Å². The Bertz CT molecular complexity index is 369. The zero-order chi connectivity index (χ0) is 12.3. The van der Waals surface area contributed by atoms with E-state index < -0.39 is 6.61 Å². The Morgan fingerprint density at radius 2 is 2.00 bits per heavy atom. The van der Waals surface area contributed by atoms with Crippen LogP contribution in [0.4, 0.5) is 8.78 Å². The van der Waals surface area contributed by atoms with Crippen molar-refractivity contribution in [3.63, 3.8) is 0 Å². The first-order valence-electron chi connectivity index (χ1n) is 4.80. The van der Waals surface area contributed by atoms with Crippen LogP contribution in [0.1, 0.15) is 19.4 Å². The standard InChI is InChI=1S/C11H14ClF2NO/c1-11(2,15-3)7-4-5-9(8(12)6-7)16-10(13)14/h4-6,10,15H,1-3H3. The second kappa shape index (κ2) is 4.97. The predicted octanol–water partition coefficient (Wildman–Crippen LogP) is 3.40. The summed E-state index contributed by atoms with van der Waals surface area (Å²) in [4.78, 5) is 0. The van der Waals surface area contributed by atoms with Crippen LogP contribution in [0.25, 0.3) is 0 Å². The molecular formula is C11H14ClF2NO. The largest absolute Gasteiger partial charge is 0.433 e. The molecule has 0 amide bonds. The van der Waals surface area contributed by atoms with Gasteiger partial charge >= 0.3 is 6.61 Å². The lowest BCUT2D eigenvalue weighted by atomic mass is 9.94. The molecule has 0 fully saturated rings. The Balaban J connectivity index is 2.99. The van der Waals surface area contributed by atoms with E-state index in [0.717, 1.165) is 5.56 Å². The van der Waals surface area contributed by atoms with Gasteiger partial charge in [0.25, 0.3) is 0 Å². The van der Waals surface area contributed by atoms with Crippen molar-refractivity contribution in [2.24, 2.45) is 0 Å². The summed E-state index contributed by atoms with van der Waals surface area (Å²) in [6.45, 7) is 1.07. The third kappa shape index (κ3) is 3.06. The van der Waals surface area contributed by atoms with E-state index in [1.807, 2.05) is 20.9 Å². The molecule has 0 spiro atoms. The minimum Gasteiger partial charge on any atom is -0.433 e. The zero-order valence-corrected chi connectivity index (χ0v) is 10.1. The Hall–Kier alpha value is -0.870. The number of ether oxygens (including phenoxy) is 1. The molecule has 0 radical (unpaired) electrons. The van der Waals surface area contributed by atoms with Gasteiger partial charge in [-0.3, -0.25) is 0 Å². The molecule has 0 bridgehead atoms. The maximum absolute atomic E-state index is 12.0. The van der Waals surface area contributed by atoms with Gasteiger partial charge in [-0.25, -0.2) is 0 Å². The van der Waals surface area contributed by atoms with E-state index in [1.165, 1.54) is 6.07 Å². The van der Waals surface area contributed by atoms with E-state index in [0.29, 0.717) is 0 Å². The van der Waals surface area contributed by atoms with Crippen molar-refractivity contribution < 1.29 is 13.5 Å². The molecule has 0 aliphatic carbocycles. The minimum absolute atomic E-state index is 0.00711. The highest BCUT2D eigenvalue weighted by Gasteiger charge is 2.19. The molecule has 2 nitrogen and oxygen atoms in total. The molecule has 90 valence electrons. The first kappa shape index (κ1) is 13.2. The average molecular weight is 250 g/mol. The molecule has 1 rings (SSSR count). The Kier molecular flexibility index (Phi) is 4.10. The highest BCUT2D eigenvalue weighted by Crippen LogP contribution is 2.30. The van der Waals surface area contributed by atoms with Gasteiger partial charge in [0.05, 0.1) is 5.02 Å². The molecule has 0 atom stereocenters. The van der Waals surface area contributed by atoms with Crippen molar-refractivity contribution in [1.29, 1.82) is 0 Å². The predicted molar refractivity (Wildman–Crippen MR) is 60.2 cm³/mol. The van der Waals surface area contributed by atoms with Crippen LogP contribution >= 0.6 is 11.6 Å². The number of nitrogens with one attached hydrogen (secondary N) is 1. The van der Waals surface area contributed by atoms with Gasteiger partial charge in [0, 0.05) is 5.54 Å². The molecule has 0 heterocycles. The third-order valence-electron chi connectivity index (χ3n) is 2.49. The minimum atomic E-state index is -2.86. The fraction of sp³-hybridized carbons (Fsp3) is 0.455. The van der Waals surface area contributed by atoms with Crippen molar-refractivity contribution in [2.75, 3.05) is 7.05 Å². The molecule has 1 N–H and O–H groups in total. The van der Waals surface area contributed by atoms with Gasteiger partial charge in [0.1, 0.15) is 5.75 Å². The molecular weight excluding hydrogens is 236 g/mol. The summed E-state index contributed by atoms with van der Waals surface area (Å²) in [5.41, 5.74) is 0.633. The molecule has 0 aromatic heterocycles. The van der Waals surface area contributed by atoms with E-state index >= 15 is 0 Å². The maximum Gasteiger partial charge on any atom is 0.387 e. The van der Waals surface area contributed by atoms with Crippen LogP contribution in [0.3, 0.4) is 0 Å². The number of benzene rings is 1. The Morgan fingerprint density at radius 1 is 1.38 bits per heavy atom. The number of alkyl halides is 2. The van der Waals surface area contributed by atoms with Crippen molar-refractivity contribution in [3.8, 4) is 5.75 Å². The summed E-state index contributed by atoms with van der Waals surface area (Å²) in [6, 6.07) is 4.78. The number of hydrogen-bond acceptors (Lipinski definition) is 2. The summed E-state index contributed by atoms with van der Waals surface area (Å²) in [5.74, 6) is -0.00711. The SMILES string of the molecule is CNC(C)(C)c1ccc(OC(F)F)c(Cl)c1. The molecule has 0 aliphatic heterocycles. The summed E-state index contributed by atoms with van der Waals surface area (Å²) < 4.78 is 28.3. The molecule has 0 aliphatic rings. The van der Waals surface area contributed by atoms with E-state index in [2.05, 4.69) is 10.1 Å². The van der Waals surface area contributed by atoms with Crippen molar-refractivity contribution in [3.05, 3.63) is 28.8 Å². The second-order valence-corrected chi connectivity index (χ2v) is 4.31. The number of halogens is 3. The topological polar surface area (TPSA) is 21.3 Å². The van der Waals surface area contributed by atoms with E-state index in [4.69, 9.17) is 11.6 Å². The van der Waals surface area contributed by atoms with Crippen molar-refractivity contribution in [1.82, 2.24) is 5.32 Å². The number of hydrogen-bond donors (Lipinski definition) is 1. The maximum atomic E-state index is 12.0. The van der Waals surface area contributed by atoms with E-state index in [1.54, 1.807) is 12.1 Å². The van der Waals surface area contributed by atoms with Gasteiger partial charge in [-0.2, -0.15) is 8.78 Å². The highest BCUT2D eigenvalue weighted by molar-refractivity contribution is 6.32. The van der Waals surface area contributed by atoms with Crippen molar-refractivity contribution >= 4 is 11.6 Å². The van der Waals surface area contributed by atoms with Gasteiger partial charge in [-0.05, 0) is 38.6 Å². The number of rotatable bonds is 4. The van der Waals surface area contributed by atoms with Crippen LogP contribution in [0, 0.1) is 0 Å². The average Bonchev–Trinajstić information content (AvgIpc) is 2.20. The molecule has 16 heavy (non-hydrogen) atoms. The van der Waals surface area contributed by atoms with E-state index in [9.17, 15) is 8.78 Å². The van der Waals surface area contributed by atoms with Gasteiger partial charge in [-0.1, -0.05) is 17.7 Å². The van der Waals surface area contributed by atoms with Gasteiger partial charge < -0.3 is 10.1 Å². The lowest BCUT2D eigenvalue weighted by Crippen LogP contribution is -2.33. The zero-order valence-electron chi connectivity index (χ0n) is 9.35. The lowest BCUT2D eigenvalue weighted by Gasteiger charge is -2.25. The smallest absolute Gasteiger partial charge is 0.387 e. The molecule has 0 saturated carbocycles. The first-order chi connectivity index (χ1) is 7.36. The molecule has 1 aromatic carbocycles. The van der Waals surface area contributed by atoms with Gasteiger partial charge in [-0.15, -0.1) is 0 Å². The van der Waals surface area contributed by atoms with Gasteiger partial charge in [0.15, 0.2) is 0 Å². The van der Waals surface area contributed by atoms with Crippen LogP contribution in [-0.4, -0.2) is 13.7 Å². The Morgan fingerprint density at radius 3 is 2.44 bits per heavy atom. The molecule has 0 saturated heterocycles. The summed E-state index contributed by atoms with van der Waals surface area (Å²) in [5, 5.41) is 3.28. The molecule has 1 aromatic rings. The highest BCUT2D eigenvalue weighted by atomic mass is 35.5. The first-order valence-corrected chi connectivity index (χ1v) is 5.18. The third-order valence-corrected chi connectivity index (χ3v) is 2.79. The van der Waals surface area contributed by atoms with Crippen molar-refractivity contribution in [2.45, 2.75) is 26.0 Å². The molecule has 5 heteroatoms. The summed E-state index contributed by atoms with van der Waals surface area (Å²) >= 11 is 5.85. The fourth-order valence-corrected chi connectivity index (χ4v) is 1.45. The fourth-order valence-electron chi connectivity index (χ4n) is 1.23.